The van der Waals surface area contributed by atoms with E-state index in [2.05, 4.69) is 62.1 Å². The molecule has 0 aromatic carbocycles. The van der Waals surface area contributed by atoms with Gasteiger partial charge in [0.05, 0.1) is 80.2 Å². The summed E-state index contributed by atoms with van der Waals surface area (Å²) >= 11 is 21.9. The number of pyridine rings is 2. The molecule has 0 amide bonds. The first-order valence-electron chi connectivity index (χ1n) is 26.6. The number of ether oxygens (including phenoxy) is 3. The van der Waals surface area contributed by atoms with Crippen LogP contribution in [-0.4, -0.2) is 187 Å². The van der Waals surface area contributed by atoms with E-state index in [1.54, 1.807) is 10.6 Å². The molecule has 15 heterocycles. The number of thioether (sulfide) groups is 2. The number of H-pyrrole nitrogens is 2. The van der Waals surface area contributed by atoms with Gasteiger partial charge in [0.1, 0.15) is 76.3 Å². The highest BCUT2D eigenvalue weighted by atomic mass is 32.7. The average molecular weight is 1460 g/mol. The topological polar surface area (TPSA) is 472 Å². The number of aromatic amines is 2. The van der Waals surface area contributed by atoms with Crippen molar-refractivity contribution in [2.24, 2.45) is 0 Å². The van der Waals surface area contributed by atoms with Crippen LogP contribution in [0.1, 0.15) is 23.2 Å². The third kappa shape index (κ3) is 11.8. The van der Waals surface area contributed by atoms with Crippen LogP contribution in [0.2, 0.25) is 0 Å². The summed E-state index contributed by atoms with van der Waals surface area (Å²) in [6.45, 7) is -19.1. The lowest BCUT2D eigenvalue weighted by Crippen LogP contribution is -2.45. The molecule has 7 aliphatic heterocycles. The Hall–Kier alpha value is -4.40. The van der Waals surface area contributed by atoms with Gasteiger partial charge in [-0.3, -0.25) is 60.4 Å². The van der Waals surface area contributed by atoms with E-state index in [9.17, 15) is 28.8 Å². The fourth-order valence-electron chi connectivity index (χ4n) is 11.3. The number of halogens is 3. The van der Waals surface area contributed by atoms with E-state index < -0.39 is 159 Å². The number of alkyl halides is 3. The van der Waals surface area contributed by atoms with Gasteiger partial charge in [-0.1, -0.05) is 12.2 Å². The number of nitrogens with zero attached hydrogens (tertiary/aromatic N) is 12. The van der Waals surface area contributed by atoms with E-state index in [-0.39, 0.29) is 46.5 Å². The lowest BCUT2D eigenvalue weighted by molar-refractivity contribution is -0.183. The number of nitrogen functional groups attached to an aromatic ring is 4. The molecule has 0 aliphatic carbocycles. The second kappa shape index (κ2) is 23.8. The smallest absolute Gasteiger partial charge is 0.386 e. The van der Waals surface area contributed by atoms with Crippen molar-refractivity contribution in [3.8, 4) is 0 Å². The van der Waals surface area contributed by atoms with Crippen molar-refractivity contribution in [3.05, 3.63) is 70.5 Å². The Morgan fingerprint density at radius 2 is 1.08 bits per heavy atom. The SMILES string of the molecule is Nc1nc2c(ncn2[C@@H]2S[C@@H]3COP(O)(=S)O[C@H]4[C@H](F)[C@H](n5cnc6c(N)ccnc65)O[C@@H]4COP(=O)(S)O[C@@H]2[C@H]3F)c(=O)[nH]1.Nc1nc2c(ncn2[C@@H]2S[C@@H]3COP(O)(=S)O[C@H]4[C@H]5OC[C@]4(COP(O)(=S)O[C@@H]2[C@H]3F)O[C@H]5n2cnc3c(N)ccnc32)c(=O)[nH]1. The first kappa shape index (κ1) is 64.0. The Labute approximate surface area is 534 Å². The largest absolute Gasteiger partial charge is 0.397 e. The van der Waals surface area contributed by atoms with Gasteiger partial charge in [0.2, 0.25) is 11.9 Å². The maximum absolute atomic E-state index is 16.1. The van der Waals surface area contributed by atoms with Gasteiger partial charge in [-0.05, 0) is 47.6 Å². The minimum absolute atomic E-state index is 0.00764. The average Bonchev–Trinajstić information content (AvgIpc) is 1.58. The van der Waals surface area contributed by atoms with Gasteiger partial charge in [-0.25, -0.2) is 47.6 Å². The molecule has 35 nitrogen and oxygen atoms in total. The predicted molar refractivity (Wildman–Crippen MR) is 330 cm³/mol. The Bertz CT molecular complexity index is 4550. The van der Waals surface area contributed by atoms with Crippen molar-refractivity contribution in [1.82, 2.24) is 68.1 Å². The van der Waals surface area contributed by atoms with Crippen LogP contribution in [0.4, 0.5) is 36.4 Å². The number of thiol groups is 1. The molecule has 7 fully saturated rings. The molecule has 4 unspecified atom stereocenters. The lowest BCUT2D eigenvalue weighted by Gasteiger charge is -2.33. The third-order valence-corrected chi connectivity index (χ3v) is 24.7. The predicted octanol–water partition coefficient (Wildman–Crippen LogP) is 2.59. The Balaban J connectivity index is 0.000000159. The van der Waals surface area contributed by atoms with Gasteiger partial charge in [0.15, 0.2) is 52.2 Å². The molecule has 8 aromatic rings. The third-order valence-electron chi connectivity index (χ3n) is 15.4. The zero-order chi connectivity index (χ0) is 64.0. The number of rotatable bonds is 4. The summed E-state index contributed by atoms with van der Waals surface area (Å²) in [6, 6.07) is 3.13. The van der Waals surface area contributed by atoms with Gasteiger partial charge in [0, 0.05) is 12.4 Å². The van der Waals surface area contributed by atoms with E-state index in [1.165, 1.54) is 57.5 Å². The van der Waals surface area contributed by atoms with Gasteiger partial charge in [0.25, 0.3) is 11.1 Å². The summed E-state index contributed by atoms with van der Waals surface area (Å²) < 4.78 is 131. The summed E-state index contributed by atoms with van der Waals surface area (Å²) in [5.41, 5.74) is 22.7. The molecule has 0 saturated carbocycles. The molecule has 20 atom stereocenters. The van der Waals surface area contributed by atoms with Crippen molar-refractivity contribution >= 4 is 166 Å². The zero-order valence-corrected chi connectivity index (χ0v) is 54.0. The summed E-state index contributed by atoms with van der Waals surface area (Å²) in [5.74, 6) is -0.399. The molecule has 13 N–H and O–H groups in total. The van der Waals surface area contributed by atoms with Crippen molar-refractivity contribution in [1.29, 1.82) is 0 Å². The minimum atomic E-state index is -4.41. The minimum Gasteiger partial charge on any atom is -0.397 e. The van der Waals surface area contributed by atoms with Crippen molar-refractivity contribution < 1.29 is 82.8 Å². The molecule has 0 radical (unpaired) electrons. The Morgan fingerprint density at radius 3 is 1.64 bits per heavy atom. The molecular weight excluding hydrogens is 1410 g/mol. The van der Waals surface area contributed by atoms with Crippen LogP contribution < -0.4 is 34.1 Å². The number of nitrogens with two attached hydrogens (primary N) is 4. The van der Waals surface area contributed by atoms with E-state index in [0.717, 1.165) is 23.5 Å². The Morgan fingerprint density at radius 1 is 0.593 bits per heavy atom. The van der Waals surface area contributed by atoms with E-state index in [4.69, 9.17) is 109 Å². The summed E-state index contributed by atoms with van der Waals surface area (Å²) in [4.78, 5) is 96.3. The monoisotopic (exact) mass is 1460 g/mol. The molecule has 15 rings (SSSR count). The molecule has 91 heavy (non-hydrogen) atoms. The second-order valence-corrected chi connectivity index (χ2v) is 35.1. The molecule has 488 valence electrons. The summed E-state index contributed by atoms with van der Waals surface area (Å²) in [6.07, 6.45) is -7.70. The van der Waals surface area contributed by atoms with Crippen molar-refractivity contribution in [3.63, 3.8) is 0 Å². The summed E-state index contributed by atoms with van der Waals surface area (Å²) in [5, 5.41) is -4.12. The molecular formula is C43H47F3N18O17P4S6. The molecule has 8 aromatic heterocycles. The molecule has 48 heteroatoms. The van der Waals surface area contributed by atoms with Crippen LogP contribution in [0.3, 0.4) is 0 Å². The maximum Gasteiger partial charge on any atom is 0.386 e. The number of aromatic nitrogens is 14. The molecule has 0 spiro atoms. The Kier molecular flexibility index (Phi) is 16.7. The maximum atomic E-state index is 16.1. The number of imidazole rings is 4. The first-order valence-corrected chi connectivity index (χ1v) is 38.9. The normalized spacial score (nSPS) is 38.7. The molecule has 6 bridgehead atoms. The van der Waals surface area contributed by atoms with Crippen molar-refractivity contribution in [2.45, 2.75) is 94.4 Å². The van der Waals surface area contributed by atoms with Crippen LogP contribution in [0, 0.1) is 0 Å². The standard InChI is InChI=1S/C22H24FN9O9P2S3.C21H23F2N9O8P2S3/c23-10-9-3-37-42(34,44)41-15-14-19(31-6-27-11-8(24)1-2-26-16(11)31)39-22(15,4-36-14)5-38-43(35,45)40-13(10)20(46-9)32-7-28-12-17(32)29-21(25)30-18(12)33;22-10-9-4-37-42(35,44)39-14-8(38-19(11(14)23)31-5-27-12-7(24)1-2-26-16(12)31)3-36-41(34,43)40-15(10)20(45-9)32-6-28-13-17(32)29-21(25)30-18(13)33/h1-2,6-7,9-10,13-15,19-20H,3-5H2,(H2,24,26)(H,34,44)(H,35,45)(H3,25,29,30,33);1-2,5-6,8-11,14-15,19-20H,3-4H2,(H2,24,26)(H,34,43)(H,35,44)(H3,25,29,30,33)/t9-,10+,13-,14-,15+,19-,20-,22-,42?,43?;8-,9-,10+,11+,14-,15-,19-,20-,41?,42?/m11/s1. The number of anilines is 4. The van der Waals surface area contributed by atoms with Gasteiger partial charge < -0.3 is 65.4 Å². The van der Waals surface area contributed by atoms with E-state index >= 15 is 13.2 Å². The highest BCUT2D eigenvalue weighted by Gasteiger charge is 2.66. The van der Waals surface area contributed by atoms with Gasteiger partial charge in [-0.2, -0.15) is 9.97 Å². The number of hydrogen-bond acceptors (Lipinski definition) is 31. The van der Waals surface area contributed by atoms with E-state index in [0.29, 0.717) is 28.1 Å². The highest BCUT2D eigenvalue weighted by Crippen LogP contribution is 2.63. The van der Waals surface area contributed by atoms with E-state index in [1.807, 2.05) is 0 Å². The highest BCUT2D eigenvalue weighted by molar-refractivity contribution is 8.44. The van der Waals surface area contributed by atoms with Crippen LogP contribution in [-0.2, 0) is 90.4 Å². The van der Waals surface area contributed by atoms with Crippen LogP contribution in [0.25, 0.3) is 44.7 Å². The number of hydrogen-bond donors (Lipinski definition) is 10. The second-order valence-electron chi connectivity index (χ2n) is 21.1. The van der Waals surface area contributed by atoms with Crippen LogP contribution in [0.5, 0.6) is 0 Å². The number of fused-ring (bicyclic) bond motifs is 9. The fourth-order valence-corrected chi connectivity index (χ4v) is 20.4. The fraction of sp³-hybridized carbons (Fsp3) is 0.488. The number of nitrogens with one attached hydrogen (secondary N) is 2. The lowest BCUT2D eigenvalue weighted by atomic mass is 10.0. The van der Waals surface area contributed by atoms with Gasteiger partial charge in [-0.15, -0.1) is 23.5 Å². The van der Waals surface area contributed by atoms with Crippen molar-refractivity contribution in [2.75, 3.05) is 56.0 Å². The van der Waals surface area contributed by atoms with Gasteiger partial charge >= 0.3 is 27.0 Å². The molecule has 7 saturated heterocycles. The van der Waals surface area contributed by atoms with Crippen LogP contribution >= 0.6 is 62.7 Å². The quantitative estimate of drug-likeness (QED) is 0.0894. The first-order chi connectivity index (χ1) is 43.2. The zero-order valence-electron chi connectivity index (χ0n) is 45.5. The van der Waals surface area contributed by atoms with Crippen LogP contribution in [0.15, 0.2) is 59.4 Å². The molecule has 7 aliphatic rings. The summed E-state index contributed by atoms with van der Waals surface area (Å²) in [7, 11) is 0.